The molecule has 0 radical (unpaired) electrons. The predicted octanol–water partition coefficient (Wildman–Crippen LogP) is 2.50. The van der Waals surface area contributed by atoms with Crippen molar-refractivity contribution in [2.24, 2.45) is 0 Å². The minimum atomic E-state index is 0.428. The van der Waals surface area contributed by atoms with E-state index in [1.165, 1.54) is 0 Å². The molecule has 66 valence electrons. The molecule has 0 saturated carbocycles. The van der Waals surface area contributed by atoms with Gasteiger partial charge in [0.05, 0.1) is 0 Å². The standard InChI is InChI=1S/C7H3BrIN3O/c8-4-2-1-3-10-5(4)6-11-7(9)12-13-6/h1-3H. The van der Waals surface area contributed by atoms with Crippen LogP contribution in [-0.4, -0.2) is 15.1 Å². The lowest BCUT2D eigenvalue weighted by atomic mass is 10.3. The molecule has 13 heavy (non-hydrogen) atoms. The van der Waals surface area contributed by atoms with Gasteiger partial charge in [0.1, 0.15) is 5.69 Å². The lowest BCUT2D eigenvalue weighted by Gasteiger charge is -1.94. The molecule has 6 heteroatoms. The minimum absolute atomic E-state index is 0.428. The summed E-state index contributed by atoms with van der Waals surface area (Å²) in [6.45, 7) is 0. The van der Waals surface area contributed by atoms with Crippen molar-refractivity contribution in [2.45, 2.75) is 0 Å². The van der Waals surface area contributed by atoms with Crippen molar-refractivity contribution in [3.63, 3.8) is 0 Å². The van der Waals surface area contributed by atoms with Crippen LogP contribution in [0, 0.1) is 3.83 Å². The Morgan fingerprint density at radius 2 is 2.31 bits per heavy atom. The van der Waals surface area contributed by atoms with Crippen molar-refractivity contribution in [3.05, 3.63) is 26.6 Å². The molecule has 0 saturated heterocycles. The molecule has 0 unspecified atom stereocenters. The van der Waals surface area contributed by atoms with Gasteiger partial charge in [0, 0.05) is 33.3 Å². The van der Waals surface area contributed by atoms with E-state index in [9.17, 15) is 0 Å². The summed E-state index contributed by atoms with van der Waals surface area (Å²) in [6, 6.07) is 3.70. The van der Waals surface area contributed by atoms with Gasteiger partial charge in [-0.1, -0.05) is 5.16 Å². The Bertz CT molecular complexity index is 431. The number of hydrogen-bond donors (Lipinski definition) is 0. The van der Waals surface area contributed by atoms with Gasteiger partial charge in [-0.15, -0.1) is 0 Å². The summed E-state index contributed by atoms with van der Waals surface area (Å²) in [7, 11) is 0. The largest absolute Gasteiger partial charge is 0.331 e. The highest BCUT2D eigenvalue weighted by Crippen LogP contribution is 2.23. The number of hydrogen-bond acceptors (Lipinski definition) is 4. The van der Waals surface area contributed by atoms with E-state index in [-0.39, 0.29) is 0 Å². The highest BCUT2D eigenvalue weighted by molar-refractivity contribution is 14.1. The SMILES string of the molecule is Brc1cccnc1-c1nc(I)no1. The van der Waals surface area contributed by atoms with Crippen LogP contribution in [0.2, 0.25) is 0 Å². The predicted molar refractivity (Wildman–Crippen MR) is 57.9 cm³/mol. The first-order chi connectivity index (χ1) is 6.27. The van der Waals surface area contributed by atoms with Crippen LogP contribution in [0.15, 0.2) is 27.3 Å². The summed E-state index contributed by atoms with van der Waals surface area (Å²) in [6.07, 6.45) is 1.68. The highest BCUT2D eigenvalue weighted by atomic mass is 127. The summed E-state index contributed by atoms with van der Waals surface area (Å²) in [5.74, 6) is 0.428. The topological polar surface area (TPSA) is 51.8 Å². The molecule has 2 aromatic rings. The van der Waals surface area contributed by atoms with Crippen molar-refractivity contribution < 1.29 is 4.52 Å². The van der Waals surface area contributed by atoms with Crippen LogP contribution < -0.4 is 0 Å². The monoisotopic (exact) mass is 351 g/mol. The molecule has 0 amide bonds. The van der Waals surface area contributed by atoms with Crippen molar-refractivity contribution >= 4 is 38.5 Å². The van der Waals surface area contributed by atoms with Gasteiger partial charge < -0.3 is 4.52 Å². The molecule has 4 nitrogen and oxygen atoms in total. The molecule has 0 aliphatic carbocycles. The second-order valence-corrected chi connectivity index (χ2v) is 4.02. The van der Waals surface area contributed by atoms with Gasteiger partial charge in [-0.05, 0) is 28.1 Å². The zero-order valence-electron chi connectivity index (χ0n) is 6.24. The molecule has 0 spiro atoms. The van der Waals surface area contributed by atoms with Crippen molar-refractivity contribution in [1.29, 1.82) is 0 Å². The first-order valence-corrected chi connectivity index (χ1v) is 5.24. The van der Waals surface area contributed by atoms with Crippen molar-refractivity contribution in [1.82, 2.24) is 15.1 Å². The third kappa shape index (κ3) is 1.88. The number of nitrogens with zero attached hydrogens (tertiary/aromatic N) is 3. The van der Waals surface area contributed by atoms with Crippen LogP contribution in [0.1, 0.15) is 0 Å². The maximum atomic E-state index is 4.97. The molecular weight excluding hydrogens is 349 g/mol. The van der Waals surface area contributed by atoms with Crippen molar-refractivity contribution in [3.8, 4) is 11.6 Å². The maximum absolute atomic E-state index is 4.97. The van der Waals surface area contributed by atoms with Gasteiger partial charge in [-0.2, -0.15) is 4.98 Å². The Hall–Kier alpha value is -0.500. The molecule has 0 atom stereocenters. The normalized spacial score (nSPS) is 10.3. The van der Waals surface area contributed by atoms with Gasteiger partial charge in [0.2, 0.25) is 3.83 Å². The third-order valence-electron chi connectivity index (χ3n) is 1.36. The van der Waals surface area contributed by atoms with Crippen LogP contribution in [0.25, 0.3) is 11.6 Å². The molecule has 2 heterocycles. The van der Waals surface area contributed by atoms with Crippen LogP contribution in [0.5, 0.6) is 0 Å². The smallest absolute Gasteiger partial charge is 0.278 e. The first-order valence-electron chi connectivity index (χ1n) is 3.37. The Balaban J connectivity index is 2.52. The second-order valence-electron chi connectivity index (χ2n) is 2.20. The Labute approximate surface area is 96.0 Å². The lowest BCUT2D eigenvalue weighted by molar-refractivity contribution is 0.424. The van der Waals surface area contributed by atoms with Crippen molar-refractivity contribution in [2.75, 3.05) is 0 Å². The third-order valence-corrected chi connectivity index (χ3v) is 2.44. The van der Waals surface area contributed by atoms with Gasteiger partial charge in [-0.3, -0.25) is 0 Å². The summed E-state index contributed by atoms with van der Waals surface area (Å²) in [5, 5.41) is 3.67. The fourth-order valence-electron chi connectivity index (χ4n) is 0.845. The van der Waals surface area contributed by atoms with E-state index >= 15 is 0 Å². The molecule has 0 aliphatic rings. The molecule has 2 rings (SSSR count). The van der Waals surface area contributed by atoms with E-state index in [0.29, 0.717) is 15.4 Å². The molecular formula is C7H3BrIN3O. The summed E-state index contributed by atoms with van der Waals surface area (Å²) in [4.78, 5) is 8.17. The van der Waals surface area contributed by atoms with Gasteiger partial charge in [-0.25, -0.2) is 4.98 Å². The number of halogens is 2. The van der Waals surface area contributed by atoms with E-state index in [4.69, 9.17) is 4.52 Å². The minimum Gasteiger partial charge on any atom is -0.331 e. The van der Waals surface area contributed by atoms with Crippen LogP contribution >= 0.6 is 38.5 Å². The summed E-state index contributed by atoms with van der Waals surface area (Å²) >= 11 is 5.33. The fraction of sp³-hybridized carbons (Fsp3) is 0. The number of pyridine rings is 1. The quantitative estimate of drug-likeness (QED) is 0.741. The fourth-order valence-corrected chi connectivity index (χ4v) is 1.59. The molecule has 0 fully saturated rings. The summed E-state index contributed by atoms with van der Waals surface area (Å²) in [5.41, 5.74) is 0.665. The van der Waals surface area contributed by atoms with E-state index in [0.717, 1.165) is 4.47 Å². The Morgan fingerprint density at radius 3 is 2.92 bits per heavy atom. The molecule has 0 aromatic carbocycles. The first kappa shape index (κ1) is 9.07. The van der Waals surface area contributed by atoms with Crippen LogP contribution in [0.3, 0.4) is 0 Å². The van der Waals surface area contributed by atoms with E-state index in [1.54, 1.807) is 6.20 Å². The van der Waals surface area contributed by atoms with E-state index in [1.807, 2.05) is 34.7 Å². The van der Waals surface area contributed by atoms with Gasteiger partial charge in [0.25, 0.3) is 5.89 Å². The number of aromatic nitrogens is 3. The van der Waals surface area contributed by atoms with E-state index < -0.39 is 0 Å². The molecule has 0 aliphatic heterocycles. The maximum Gasteiger partial charge on any atom is 0.278 e. The van der Waals surface area contributed by atoms with Gasteiger partial charge in [0.15, 0.2) is 0 Å². The average molecular weight is 352 g/mol. The molecule has 0 bridgehead atoms. The number of rotatable bonds is 1. The Kier molecular flexibility index (Phi) is 2.58. The highest BCUT2D eigenvalue weighted by Gasteiger charge is 2.10. The zero-order valence-corrected chi connectivity index (χ0v) is 9.98. The van der Waals surface area contributed by atoms with Gasteiger partial charge >= 0.3 is 0 Å². The molecule has 0 N–H and O–H groups in total. The lowest BCUT2D eigenvalue weighted by Crippen LogP contribution is -1.84. The Morgan fingerprint density at radius 1 is 1.46 bits per heavy atom. The van der Waals surface area contributed by atoms with Crippen LogP contribution in [-0.2, 0) is 0 Å². The second kappa shape index (κ2) is 3.70. The summed E-state index contributed by atoms with van der Waals surface area (Å²) < 4.78 is 6.39. The average Bonchev–Trinajstić information content (AvgIpc) is 2.53. The zero-order chi connectivity index (χ0) is 9.26. The molecule has 2 aromatic heterocycles. The van der Waals surface area contributed by atoms with E-state index in [2.05, 4.69) is 31.1 Å². The van der Waals surface area contributed by atoms with Crippen LogP contribution in [0.4, 0.5) is 0 Å².